The molecule has 4 rings (SSSR count). The van der Waals surface area contributed by atoms with E-state index in [4.69, 9.17) is 4.84 Å². The minimum atomic E-state index is -0.766. The fraction of sp³-hybridized carbons (Fsp3) is 0.316. The van der Waals surface area contributed by atoms with E-state index in [-0.39, 0.29) is 17.9 Å². The Morgan fingerprint density at radius 3 is 2.44 bits per heavy atom. The molecule has 2 aliphatic rings. The average Bonchev–Trinajstić information content (AvgIpc) is 3.16. The smallest absolute Gasteiger partial charge is 0.261 e. The Hall–Kier alpha value is -2.73. The molecule has 0 radical (unpaired) electrons. The van der Waals surface area contributed by atoms with Gasteiger partial charge >= 0.3 is 0 Å². The van der Waals surface area contributed by atoms with Gasteiger partial charge in [-0.2, -0.15) is 0 Å². The van der Waals surface area contributed by atoms with Crippen LogP contribution in [0.2, 0.25) is 0 Å². The lowest BCUT2D eigenvalue weighted by molar-refractivity contribution is -0.143. The molecule has 6 nitrogen and oxygen atoms in total. The van der Waals surface area contributed by atoms with Crippen LogP contribution in [0.4, 0.5) is 5.69 Å². The molecule has 3 heterocycles. The van der Waals surface area contributed by atoms with E-state index in [1.54, 1.807) is 17.5 Å². The Balaban J connectivity index is 1.77. The minimum absolute atomic E-state index is 0.155. The first-order valence-electron chi connectivity index (χ1n) is 8.48. The lowest BCUT2D eigenvalue weighted by Gasteiger charge is -2.28. The van der Waals surface area contributed by atoms with E-state index in [0.29, 0.717) is 6.54 Å². The summed E-state index contributed by atoms with van der Waals surface area (Å²) < 4.78 is 0. The fourth-order valence-corrected chi connectivity index (χ4v) is 3.61. The number of nitrogens with zero attached hydrogens (tertiary/aromatic N) is 3. The van der Waals surface area contributed by atoms with Gasteiger partial charge in [0.25, 0.3) is 5.91 Å². The van der Waals surface area contributed by atoms with Crippen molar-refractivity contribution in [2.45, 2.75) is 25.5 Å². The Morgan fingerprint density at radius 2 is 1.76 bits per heavy atom. The van der Waals surface area contributed by atoms with E-state index in [0.717, 1.165) is 17.7 Å². The van der Waals surface area contributed by atoms with Crippen LogP contribution >= 0.6 is 0 Å². The van der Waals surface area contributed by atoms with Crippen LogP contribution in [-0.4, -0.2) is 34.3 Å². The molecular weight excluding hydrogens is 318 g/mol. The number of likely N-dealkylation sites (tertiary alicyclic amines) is 1. The van der Waals surface area contributed by atoms with Gasteiger partial charge in [0.15, 0.2) is 6.10 Å². The zero-order chi connectivity index (χ0) is 17.4. The van der Waals surface area contributed by atoms with Crippen molar-refractivity contribution < 1.29 is 14.4 Å². The predicted molar refractivity (Wildman–Crippen MR) is 91.3 cm³/mol. The van der Waals surface area contributed by atoms with Crippen LogP contribution in [-0.2, 0) is 14.4 Å². The molecule has 0 N–H and O–H groups in total. The third-order valence-corrected chi connectivity index (χ3v) is 4.71. The van der Waals surface area contributed by atoms with Gasteiger partial charge < -0.3 is 0 Å². The number of carbonyl (C=O) groups is 2. The largest absolute Gasteiger partial charge is 0.280 e. The summed E-state index contributed by atoms with van der Waals surface area (Å²) in [5, 5.41) is 1.70. The molecule has 2 aromatic rings. The van der Waals surface area contributed by atoms with E-state index < -0.39 is 12.0 Å². The molecule has 3 atom stereocenters. The van der Waals surface area contributed by atoms with Crippen LogP contribution in [0.5, 0.6) is 0 Å². The monoisotopic (exact) mass is 337 g/mol. The van der Waals surface area contributed by atoms with Crippen molar-refractivity contribution in [2.24, 2.45) is 5.92 Å². The zero-order valence-corrected chi connectivity index (χ0v) is 13.9. The van der Waals surface area contributed by atoms with Crippen molar-refractivity contribution in [3.8, 4) is 0 Å². The second-order valence-corrected chi connectivity index (χ2v) is 6.27. The number of carbonyl (C=O) groups excluding carboxylic acids is 2. The SMILES string of the molecule is CCCN1C(=O)[C@@H]2[C@@H](ON(c3ccccc3)[C@H]2c2ccncc2)C1=O. The van der Waals surface area contributed by atoms with Crippen molar-refractivity contribution in [2.75, 3.05) is 11.6 Å². The van der Waals surface area contributed by atoms with Gasteiger partial charge in [-0.25, -0.2) is 5.06 Å². The highest BCUT2D eigenvalue weighted by Gasteiger charge is 2.59. The number of amides is 2. The van der Waals surface area contributed by atoms with Crippen LogP contribution in [0.25, 0.3) is 0 Å². The van der Waals surface area contributed by atoms with Crippen LogP contribution in [0, 0.1) is 5.92 Å². The van der Waals surface area contributed by atoms with Crippen molar-refractivity contribution in [3.05, 3.63) is 60.4 Å². The number of hydroxylamine groups is 1. The molecule has 2 fully saturated rings. The Labute approximate surface area is 146 Å². The highest BCUT2D eigenvalue weighted by molar-refractivity contribution is 6.07. The molecule has 0 aliphatic carbocycles. The van der Waals surface area contributed by atoms with E-state index in [1.165, 1.54) is 4.90 Å². The molecule has 0 unspecified atom stereocenters. The standard InChI is InChI=1S/C19H19N3O3/c1-2-12-21-18(23)15-16(13-8-10-20-11-9-13)22(25-17(15)19(21)24)14-6-4-3-5-7-14/h3-11,15-17H,2,12H2,1H3/t15-,16-,17+/m0/s1. The molecule has 1 aromatic carbocycles. The van der Waals surface area contributed by atoms with E-state index in [9.17, 15) is 9.59 Å². The van der Waals surface area contributed by atoms with E-state index >= 15 is 0 Å². The maximum absolute atomic E-state index is 12.9. The molecule has 128 valence electrons. The topological polar surface area (TPSA) is 62.7 Å². The maximum Gasteiger partial charge on any atom is 0.261 e. The number of aromatic nitrogens is 1. The van der Waals surface area contributed by atoms with Crippen LogP contribution < -0.4 is 5.06 Å². The second kappa shape index (κ2) is 6.29. The Bertz CT molecular complexity index is 781. The number of imide groups is 1. The summed E-state index contributed by atoms with van der Waals surface area (Å²) in [7, 11) is 0. The van der Waals surface area contributed by atoms with Crippen LogP contribution in [0.1, 0.15) is 24.9 Å². The van der Waals surface area contributed by atoms with Gasteiger partial charge in [-0.15, -0.1) is 0 Å². The molecule has 2 amide bonds. The van der Waals surface area contributed by atoms with Gasteiger partial charge in [-0.1, -0.05) is 25.1 Å². The van der Waals surface area contributed by atoms with Crippen LogP contribution in [0.3, 0.4) is 0 Å². The van der Waals surface area contributed by atoms with Crippen molar-refractivity contribution in [1.82, 2.24) is 9.88 Å². The zero-order valence-electron chi connectivity index (χ0n) is 13.9. The lowest BCUT2D eigenvalue weighted by atomic mass is 9.91. The highest BCUT2D eigenvalue weighted by Crippen LogP contribution is 2.46. The normalized spacial score (nSPS) is 25.6. The summed E-state index contributed by atoms with van der Waals surface area (Å²) in [6.45, 7) is 2.38. The van der Waals surface area contributed by atoms with Gasteiger partial charge in [-0.05, 0) is 36.2 Å². The molecule has 25 heavy (non-hydrogen) atoms. The van der Waals surface area contributed by atoms with Gasteiger partial charge in [0, 0.05) is 18.9 Å². The Kier molecular flexibility index (Phi) is 3.97. The maximum atomic E-state index is 12.9. The number of pyridine rings is 1. The molecule has 0 spiro atoms. The number of anilines is 1. The van der Waals surface area contributed by atoms with E-state index in [1.807, 2.05) is 49.4 Å². The molecular formula is C19H19N3O3. The minimum Gasteiger partial charge on any atom is -0.280 e. The van der Waals surface area contributed by atoms with Crippen molar-refractivity contribution in [1.29, 1.82) is 0 Å². The van der Waals surface area contributed by atoms with Gasteiger partial charge in [0.05, 0.1) is 11.7 Å². The number of fused-ring (bicyclic) bond motifs is 1. The molecule has 1 aromatic heterocycles. The van der Waals surface area contributed by atoms with Gasteiger partial charge in [0.1, 0.15) is 5.92 Å². The number of rotatable bonds is 4. The molecule has 6 heteroatoms. The first-order valence-corrected chi connectivity index (χ1v) is 8.48. The lowest BCUT2D eigenvalue weighted by Crippen LogP contribution is -2.37. The first kappa shape index (κ1) is 15.8. The summed E-state index contributed by atoms with van der Waals surface area (Å²) >= 11 is 0. The van der Waals surface area contributed by atoms with Crippen LogP contribution in [0.15, 0.2) is 54.9 Å². The summed E-state index contributed by atoms with van der Waals surface area (Å²) in [5.74, 6) is -0.937. The average molecular weight is 337 g/mol. The van der Waals surface area contributed by atoms with Gasteiger partial charge in [-0.3, -0.25) is 24.3 Å². The predicted octanol–water partition coefficient (Wildman–Crippen LogP) is 2.34. The summed E-state index contributed by atoms with van der Waals surface area (Å²) in [4.78, 5) is 37.0. The third-order valence-electron chi connectivity index (χ3n) is 4.71. The van der Waals surface area contributed by atoms with Gasteiger partial charge in [0.2, 0.25) is 5.91 Å². The molecule has 0 saturated carbocycles. The fourth-order valence-electron chi connectivity index (χ4n) is 3.61. The quantitative estimate of drug-likeness (QED) is 0.802. The number of benzene rings is 1. The van der Waals surface area contributed by atoms with E-state index in [2.05, 4.69) is 4.98 Å². The number of hydrogen-bond donors (Lipinski definition) is 0. The molecule has 0 bridgehead atoms. The van der Waals surface area contributed by atoms with Crippen molar-refractivity contribution >= 4 is 17.5 Å². The highest BCUT2D eigenvalue weighted by atomic mass is 16.7. The number of hydrogen-bond acceptors (Lipinski definition) is 5. The second-order valence-electron chi connectivity index (χ2n) is 6.27. The van der Waals surface area contributed by atoms with Crippen molar-refractivity contribution in [3.63, 3.8) is 0 Å². The first-order chi connectivity index (χ1) is 12.2. The molecule has 2 aliphatic heterocycles. The Morgan fingerprint density at radius 1 is 1.04 bits per heavy atom. The molecule has 2 saturated heterocycles. The summed E-state index contributed by atoms with van der Waals surface area (Å²) in [5.41, 5.74) is 1.73. The summed E-state index contributed by atoms with van der Waals surface area (Å²) in [6.07, 6.45) is 3.35. The third kappa shape index (κ3) is 2.49. The number of para-hydroxylation sites is 1. The summed E-state index contributed by atoms with van der Waals surface area (Å²) in [6, 6.07) is 12.9.